The summed E-state index contributed by atoms with van der Waals surface area (Å²) in [5.41, 5.74) is 1.67. The fourth-order valence-corrected chi connectivity index (χ4v) is 1.36. The average Bonchev–Trinajstić information content (AvgIpc) is 2.44. The maximum absolute atomic E-state index is 10.9. The van der Waals surface area contributed by atoms with Gasteiger partial charge in [-0.3, -0.25) is 14.8 Å². The topological polar surface area (TPSA) is 106 Å². The molecule has 1 aromatic rings. The Morgan fingerprint density at radius 1 is 1.85 bits per heavy atom. The molecule has 0 aliphatic carbocycles. The number of aromatic amines is 1. The van der Waals surface area contributed by atoms with Crippen LogP contribution >= 0.6 is 11.8 Å². The number of carbonyl (C=O) groups is 1. The highest BCUT2D eigenvalue weighted by molar-refractivity contribution is 7.99. The number of thioether (sulfide) groups is 1. The van der Waals surface area contributed by atoms with E-state index in [9.17, 15) is 9.59 Å². The van der Waals surface area contributed by atoms with Crippen LogP contribution in [0, 0.1) is 0 Å². The lowest BCUT2D eigenvalue weighted by Gasteiger charge is -1.97. The molecule has 0 fully saturated rings. The molecule has 0 unspecified atom stereocenters. The zero-order valence-electron chi connectivity index (χ0n) is 6.90. The lowest BCUT2D eigenvalue weighted by Crippen LogP contribution is -2.31. The van der Waals surface area contributed by atoms with Gasteiger partial charge in [-0.15, -0.1) is 5.10 Å². The van der Waals surface area contributed by atoms with Gasteiger partial charge in [0.2, 0.25) is 5.91 Å². The van der Waals surface area contributed by atoms with E-state index in [0.29, 0.717) is 5.16 Å². The van der Waals surface area contributed by atoms with Crippen LogP contribution < -0.4 is 17.0 Å². The first-order valence-corrected chi connectivity index (χ1v) is 4.37. The molecule has 0 bridgehead atoms. The number of nitrogens with two attached hydrogens (primary N) is 1. The van der Waals surface area contributed by atoms with Gasteiger partial charge in [0.1, 0.15) is 0 Å². The second-order valence-electron chi connectivity index (χ2n) is 2.23. The van der Waals surface area contributed by atoms with Crippen LogP contribution in [0.1, 0.15) is 0 Å². The van der Waals surface area contributed by atoms with Crippen molar-refractivity contribution in [1.29, 1.82) is 0 Å². The number of hydrogen-bond donors (Lipinski definition) is 3. The Morgan fingerprint density at radius 3 is 3.00 bits per heavy atom. The highest BCUT2D eigenvalue weighted by Crippen LogP contribution is 2.10. The monoisotopic (exact) mass is 203 g/mol. The van der Waals surface area contributed by atoms with E-state index < -0.39 is 0 Å². The van der Waals surface area contributed by atoms with Crippen LogP contribution in [-0.4, -0.2) is 26.4 Å². The molecule has 1 rings (SSSR count). The number of nitrogens with zero attached hydrogens (tertiary/aromatic N) is 2. The second kappa shape index (κ2) is 4.10. The fraction of sp³-hybridized carbons (Fsp3) is 0.400. The number of carbonyl (C=O) groups excluding carboxylic acids is 1. The van der Waals surface area contributed by atoms with Crippen molar-refractivity contribution >= 4 is 17.7 Å². The summed E-state index contributed by atoms with van der Waals surface area (Å²) in [4.78, 5) is 21.6. The van der Waals surface area contributed by atoms with Gasteiger partial charge in [0.15, 0.2) is 5.16 Å². The van der Waals surface area contributed by atoms with E-state index in [1.165, 1.54) is 4.57 Å². The molecular formula is C5H9N5O2S. The number of aromatic nitrogens is 3. The molecule has 72 valence electrons. The summed E-state index contributed by atoms with van der Waals surface area (Å²) in [7, 11) is 1.56. The fourth-order valence-electron chi connectivity index (χ4n) is 0.633. The van der Waals surface area contributed by atoms with Crippen molar-refractivity contribution in [3.63, 3.8) is 0 Å². The number of amides is 1. The molecule has 0 aliphatic rings. The number of nitrogens with one attached hydrogen (secondary N) is 2. The standard InChI is InChI=1S/C5H9N5O2S/c1-10-4(12)8-9-5(10)13-2-3(11)7-6/h2,6H2,1H3,(H,7,11)(H,8,12). The second-order valence-corrected chi connectivity index (χ2v) is 3.17. The summed E-state index contributed by atoms with van der Waals surface area (Å²) in [6.45, 7) is 0. The minimum Gasteiger partial charge on any atom is -0.294 e. The Balaban J connectivity index is 2.60. The van der Waals surface area contributed by atoms with Gasteiger partial charge in [-0.05, 0) is 0 Å². The lowest BCUT2D eigenvalue weighted by atomic mass is 10.8. The van der Waals surface area contributed by atoms with Crippen molar-refractivity contribution < 1.29 is 4.79 Å². The molecule has 7 nitrogen and oxygen atoms in total. The first-order chi connectivity index (χ1) is 6.15. The molecule has 1 amide bonds. The maximum Gasteiger partial charge on any atom is 0.343 e. The van der Waals surface area contributed by atoms with Crippen molar-refractivity contribution in [3.05, 3.63) is 10.5 Å². The van der Waals surface area contributed by atoms with Crippen LogP contribution in [0.15, 0.2) is 9.95 Å². The third kappa shape index (κ3) is 2.33. The van der Waals surface area contributed by atoms with Crippen LogP contribution in [-0.2, 0) is 11.8 Å². The Labute approximate surface area is 77.7 Å². The van der Waals surface area contributed by atoms with Crippen molar-refractivity contribution in [2.45, 2.75) is 5.16 Å². The summed E-state index contributed by atoms with van der Waals surface area (Å²) >= 11 is 1.13. The number of hydrogen-bond acceptors (Lipinski definition) is 5. The average molecular weight is 203 g/mol. The molecule has 1 aromatic heterocycles. The molecule has 0 radical (unpaired) electrons. The van der Waals surface area contributed by atoms with Crippen molar-refractivity contribution in [1.82, 2.24) is 20.2 Å². The van der Waals surface area contributed by atoms with Crippen LogP contribution in [0.2, 0.25) is 0 Å². The minimum absolute atomic E-state index is 0.134. The van der Waals surface area contributed by atoms with Gasteiger partial charge in [0.05, 0.1) is 5.75 Å². The van der Waals surface area contributed by atoms with E-state index in [0.717, 1.165) is 11.8 Å². The number of hydrazine groups is 1. The summed E-state index contributed by atoms with van der Waals surface area (Å²) < 4.78 is 1.31. The summed E-state index contributed by atoms with van der Waals surface area (Å²) in [5.74, 6) is 4.68. The van der Waals surface area contributed by atoms with E-state index in [4.69, 9.17) is 5.84 Å². The molecule has 0 aliphatic heterocycles. The molecule has 0 aromatic carbocycles. The molecule has 1 heterocycles. The minimum atomic E-state index is -0.319. The van der Waals surface area contributed by atoms with Crippen molar-refractivity contribution in [3.8, 4) is 0 Å². The molecule has 8 heteroatoms. The predicted octanol–water partition coefficient (Wildman–Crippen LogP) is -1.81. The number of H-pyrrole nitrogens is 1. The highest BCUT2D eigenvalue weighted by atomic mass is 32.2. The molecule has 0 spiro atoms. The Morgan fingerprint density at radius 2 is 2.54 bits per heavy atom. The van der Waals surface area contributed by atoms with E-state index in [2.05, 4.69) is 10.2 Å². The Bertz CT molecular complexity index is 356. The third-order valence-electron chi connectivity index (χ3n) is 1.33. The molecule has 13 heavy (non-hydrogen) atoms. The van der Waals surface area contributed by atoms with Gasteiger partial charge in [0.25, 0.3) is 0 Å². The zero-order valence-corrected chi connectivity index (χ0v) is 7.72. The smallest absolute Gasteiger partial charge is 0.294 e. The highest BCUT2D eigenvalue weighted by Gasteiger charge is 2.06. The van der Waals surface area contributed by atoms with E-state index in [-0.39, 0.29) is 17.3 Å². The summed E-state index contributed by atoms with van der Waals surface area (Å²) in [6, 6.07) is 0. The third-order valence-corrected chi connectivity index (χ3v) is 2.36. The van der Waals surface area contributed by atoms with Crippen molar-refractivity contribution in [2.75, 3.05) is 5.75 Å². The normalized spacial score (nSPS) is 10.0. The van der Waals surface area contributed by atoms with Gasteiger partial charge in [-0.1, -0.05) is 11.8 Å². The van der Waals surface area contributed by atoms with Crippen LogP contribution in [0.5, 0.6) is 0 Å². The SMILES string of the molecule is Cn1c(SCC(=O)NN)n[nH]c1=O. The Hall–Kier alpha value is -1.28. The van der Waals surface area contributed by atoms with Crippen molar-refractivity contribution in [2.24, 2.45) is 12.9 Å². The molecule has 0 atom stereocenters. The predicted molar refractivity (Wildman–Crippen MR) is 46.9 cm³/mol. The molecule has 0 saturated carbocycles. The van der Waals surface area contributed by atoms with Gasteiger partial charge in [0, 0.05) is 7.05 Å². The van der Waals surface area contributed by atoms with Gasteiger partial charge >= 0.3 is 5.69 Å². The van der Waals surface area contributed by atoms with E-state index in [1.54, 1.807) is 7.05 Å². The quantitative estimate of drug-likeness (QED) is 0.232. The van der Waals surface area contributed by atoms with Crippen LogP contribution in [0.3, 0.4) is 0 Å². The van der Waals surface area contributed by atoms with Gasteiger partial charge in [-0.25, -0.2) is 15.7 Å². The summed E-state index contributed by atoms with van der Waals surface area (Å²) in [6.07, 6.45) is 0. The maximum atomic E-state index is 10.9. The Kier molecular flexibility index (Phi) is 3.09. The summed E-state index contributed by atoms with van der Waals surface area (Å²) in [5, 5.41) is 6.39. The zero-order chi connectivity index (χ0) is 9.84. The first-order valence-electron chi connectivity index (χ1n) is 3.38. The first kappa shape index (κ1) is 9.81. The van der Waals surface area contributed by atoms with E-state index in [1.807, 2.05) is 5.43 Å². The number of rotatable bonds is 3. The molecule has 0 saturated heterocycles. The van der Waals surface area contributed by atoms with Gasteiger partial charge in [-0.2, -0.15) is 0 Å². The largest absolute Gasteiger partial charge is 0.343 e. The van der Waals surface area contributed by atoms with Crippen LogP contribution in [0.4, 0.5) is 0 Å². The van der Waals surface area contributed by atoms with E-state index >= 15 is 0 Å². The lowest BCUT2D eigenvalue weighted by molar-refractivity contribution is -0.118. The van der Waals surface area contributed by atoms with Crippen LogP contribution in [0.25, 0.3) is 0 Å². The van der Waals surface area contributed by atoms with Gasteiger partial charge < -0.3 is 0 Å². The molecular weight excluding hydrogens is 194 g/mol. The molecule has 4 N–H and O–H groups in total.